The topological polar surface area (TPSA) is 112 Å². The molecule has 3 N–H and O–H groups in total. The molecule has 5 rings (SSSR count). The average molecular weight is 469 g/mol. The number of carbonyl (C=O) groups excluding carboxylic acids is 2. The van der Waals surface area contributed by atoms with E-state index in [4.69, 9.17) is 10.5 Å². The van der Waals surface area contributed by atoms with E-state index in [0.717, 1.165) is 19.3 Å². The molecule has 178 valence electrons. The van der Waals surface area contributed by atoms with Crippen molar-refractivity contribution in [3.8, 4) is 0 Å². The van der Waals surface area contributed by atoms with Gasteiger partial charge in [-0.2, -0.15) is 5.10 Å². The van der Waals surface area contributed by atoms with Gasteiger partial charge < -0.3 is 15.8 Å². The van der Waals surface area contributed by atoms with Crippen molar-refractivity contribution in [2.45, 2.75) is 62.5 Å². The quantitative estimate of drug-likeness (QED) is 0.550. The molecule has 34 heavy (non-hydrogen) atoms. The van der Waals surface area contributed by atoms with Crippen LogP contribution >= 0.6 is 0 Å². The lowest BCUT2D eigenvalue weighted by Crippen LogP contribution is -2.51. The van der Waals surface area contributed by atoms with Crippen molar-refractivity contribution >= 4 is 23.3 Å². The van der Waals surface area contributed by atoms with E-state index < -0.39 is 36.2 Å². The van der Waals surface area contributed by atoms with Crippen molar-refractivity contribution in [2.24, 2.45) is 5.73 Å². The number of hydrogen-bond acceptors (Lipinski definition) is 6. The molecule has 1 unspecified atom stereocenters. The molecule has 0 radical (unpaired) electrons. The predicted octanol–water partition coefficient (Wildman–Crippen LogP) is 3.81. The largest absolute Gasteiger partial charge is 0.445 e. The second-order valence-electron chi connectivity index (χ2n) is 9.03. The van der Waals surface area contributed by atoms with Crippen LogP contribution in [0.1, 0.15) is 66.1 Å². The minimum atomic E-state index is -2.91. The maximum absolute atomic E-state index is 13.6. The summed E-state index contributed by atoms with van der Waals surface area (Å²) in [6, 6.07) is 10.1. The molecule has 1 saturated carbocycles. The second-order valence-corrected chi connectivity index (χ2v) is 9.03. The number of nitrogens with two attached hydrogens (primary N) is 1. The fraction of sp³-hybridized carbons (Fsp3) is 0.417. The summed E-state index contributed by atoms with van der Waals surface area (Å²) in [6.45, 7) is 0. The summed E-state index contributed by atoms with van der Waals surface area (Å²) in [4.78, 5) is 29.6. The van der Waals surface area contributed by atoms with Crippen molar-refractivity contribution in [3.63, 3.8) is 0 Å². The van der Waals surface area contributed by atoms with E-state index in [-0.39, 0.29) is 30.1 Å². The summed E-state index contributed by atoms with van der Waals surface area (Å²) in [6.07, 6.45) is 4.17. The zero-order valence-electron chi connectivity index (χ0n) is 18.5. The molecule has 0 bridgehead atoms. The normalized spacial score (nSPS) is 20.9. The standard InChI is InChI=1S/C24H25F2N5O3/c25-24(26)11-9-23(10-12-24,22(27)33)34-21(32)17-14-28-31-13-8-19(30-20(17)31)29-18-7-3-5-15-4-1-2-6-16(15)18/h1-2,4,6,8,13-14,18H,3,5,7,9-12H2,(H2,27,33)(H,29,30). The SMILES string of the molecule is NC(=O)C1(OC(=O)c2cnn3ccc(NC4CCCc5ccccc54)nc23)CCC(F)(F)CC1. The van der Waals surface area contributed by atoms with Gasteiger partial charge in [0.25, 0.3) is 5.91 Å². The first kappa shape index (κ1) is 22.2. The highest BCUT2D eigenvalue weighted by molar-refractivity contribution is 5.98. The number of nitrogens with one attached hydrogen (secondary N) is 1. The third-order valence-electron chi connectivity index (χ3n) is 6.81. The van der Waals surface area contributed by atoms with Gasteiger partial charge in [-0.3, -0.25) is 4.79 Å². The number of aryl methyl sites for hydroxylation is 1. The minimum Gasteiger partial charge on any atom is -0.445 e. The van der Waals surface area contributed by atoms with Crippen molar-refractivity contribution in [1.29, 1.82) is 0 Å². The molecule has 1 amide bonds. The summed E-state index contributed by atoms with van der Waals surface area (Å²) in [5.74, 6) is -4.15. The third-order valence-corrected chi connectivity index (χ3v) is 6.81. The van der Waals surface area contributed by atoms with Crippen LogP contribution < -0.4 is 11.1 Å². The molecule has 2 aromatic heterocycles. The number of fused-ring (bicyclic) bond motifs is 2. The Kier molecular flexibility index (Phi) is 5.45. The van der Waals surface area contributed by atoms with Crippen molar-refractivity contribution < 1.29 is 23.1 Å². The van der Waals surface area contributed by atoms with Gasteiger partial charge in [0.15, 0.2) is 11.2 Å². The smallest absolute Gasteiger partial charge is 0.344 e. The monoisotopic (exact) mass is 469 g/mol. The highest BCUT2D eigenvalue weighted by atomic mass is 19.3. The summed E-state index contributed by atoms with van der Waals surface area (Å²) in [5, 5.41) is 7.58. The molecule has 0 spiro atoms. The van der Waals surface area contributed by atoms with E-state index in [1.807, 2.05) is 12.1 Å². The number of hydrogen-bond donors (Lipinski definition) is 2. The van der Waals surface area contributed by atoms with Crippen molar-refractivity contribution in [1.82, 2.24) is 14.6 Å². The van der Waals surface area contributed by atoms with Crippen molar-refractivity contribution in [3.05, 3.63) is 59.4 Å². The molecule has 10 heteroatoms. The molecular formula is C24H25F2N5O3. The molecule has 3 aromatic rings. The molecule has 2 heterocycles. The van der Waals surface area contributed by atoms with Gasteiger partial charge in [0, 0.05) is 31.9 Å². The zero-order valence-corrected chi connectivity index (χ0v) is 18.5. The van der Waals surface area contributed by atoms with E-state index in [9.17, 15) is 18.4 Å². The van der Waals surface area contributed by atoms with Gasteiger partial charge in [-0.15, -0.1) is 0 Å². The number of aromatic nitrogens is 3. The fourth-order valence-corrected chi connectivity index (χ4v) is 4.83. The number of amides is 1. The summed E-state index contributed by atoms with van der Waals surface area (Å²) >= 11 is 0. The highest BCUT2D eigenvalue weighted by Crippen LogP contribution is 2.41. The number of benzene rings is 1. The van der Waals surface area contributed by atoms with Crippen LogP contribution in [-0.4, -0.2) is 38.0 Å². The van der Waals surface area contributed by atoms with E-state index in [2.05, 4.69) is 27.5 Å². The Morgan fingerprint density at radius 2 is 1.91 bits per heavy atom. The maximum atomic E-state index is 13.6. The van der Waals surface area contributed by atoms with Gasteiger partial charge in [-0.1, -0.05) is 24.3 Å². The van der Waals surface area contributed by atoms with Gasteiger partial charge in [0.1, 0.15) is 11.4 Å². The Bertz CT molecular complexity index is 1250. The lowest BCUT2D eigenvalue weighted by molar-refractivity contribution is -0.151. The van der Waals surface area contributed by atoms with E-state index >= 15 is 0 Å². The van der Waals surface area contributed by atoms with Crippen LogP contribution in [0, 0.1) is 0 Å². The first-order valence-corrected chi connectivity index (χ1v) is 11.4. The molecule has 0 saturated heterocycles. The Morgan fingerprint density at radius 3 is 2.68 bits per heavy atom. The highest BCUT2D eigenvalue weighted by Gasteiger charge is 2.50. The van der Waals surface area contributed by atoms with Crippen molar-refractivity contribution in [2.75, 3.05) is 5.32 Å². The van der Waals surface area contributed by atoms with Gasteiger partial charge in [0.05, 0.1) is 12.2 Å². The molecular weight excluding hydrogens is 444 g/mol. The number of rotatable bonds is 5. The van der Waals surface area contributed by atoms with E-state index in [0.29, 0.717) is 5.82 Å². The van der Waals surface area contributed by atoms with Gasteiger partial charge in [0.2, 0.25) is 5.92 Å². The maximum Gasteiger partial charge on any atom is 0.344 e. The van der Waals surface area contributed by atoms with E-state index in [1.165, 1.54) is 21.8 Å². The average Bonchev–Trinajstić information content (AvgIpc) is 3.24. The Hall–Kier alpha value is -3.56. The number of esters is 1. The minimum absolute atomic E-state index is 0.0330. The van der Waals surface area contributed by atoms with Gasteiger partial charge in [-0.25, -0.2) is 23.1 Å². The third kappa shape index (κ3) is 4.08. The van der Waals surface area contributed by atoms with Crippen LogP contribution in [0.25, 0.3) is 5.65 Å². The van der Waals surface area contributed by atoms with Crippen LogP contribution in [0.15, 0.2) is 42.7 Å². The number of alkyl halides is 2. The molecule has 1 fully saturated rings. The van der Waals surface area contributed by atoms with Crippen LogP contribution in [-0.2, 0) is 16.0 Å². The Labute approximate surface area is 194 Å². The fourth-order valence-electron chi connectivity index (χ4n) is 4.83. The lowest BCUT2D eigenvalue weighted by Gasteiger charge is -2.36. The molecule has 0 aliphatic heterocycles. The van der Waals surface area contributed by atoms with Gasteiger partial charge >= 0.3 is 5.97 Å². The number of anilines is 1. The van der Waals surface area contributed by atoms with E-state index in [1.54, 1.807) is 12.3 Å². The number of carbonyl (C=O) groups is 2. The summed E-state index contributed by atoms with van der Waals surface area (Å²) in [7, 11) is 0. The number of halogens is 2. The zero-order chi connectivity index (χ0) is 23.9. The van der Waals surface area contributed by atoms with Gasteiger partial charge in [-0.05, 0) is 36.5 Å². The predicted molar refractivity (Wildman–Crippen MR) is 119 cm³/mol. The Morgan fingerprint density at radius 1 is 1.15 bits per heavy atom. The van der Waals surface area contributed by atoms with Crippen LogP contribution in [0.2, 0.25) is 0 Å². The first-order valence-electron chi connectivity index (χ1n) is 11.4. The Balaban J connectivity index is 1.39. The number of ether oxygens (including phenoxy) is 1. The molecule has 8 nitrogen and oxygen atoms in total. The van der Waals surface area contributed by atoms with Crippen LogP contribution in [0.4, 0.5) is 14.6 Å². The van der Waals surface area contributed by atoms with Crippen LogP contribution in [0.3, 0.4) is 0 Å². The molecule has 2 aliphatic carbocycles. The number of primary amides is 1. The molecule has 2 aliphatic rings. The number of nitrogens with zero attached hydrogens (tertiary/aromatic N) is 3. The summed E-state index contributed by atoms with van der Waals surface area (Å²) in [5.41, 5.74) is 6.49. The molecule has 1 atom stereocenters. The van der Waals surface area contributed by atoms with Crippen LogP contribution in [0.5, 0.6) is 0 Å². The molecule has 1 aromatic carbocycles. The first-order chi connectivity index (χ1) is 16.3. The lowest BCUT2D eigenvalue weighted by atomic mass is 9.82. The second kappa shape index (κ2) is 8.34. The summed E-state index contributed by atoms with van der Waals surface area (Å²) < 4.78 is 34.2.